The molecule has 0 amide bonds. The van der Waals surface area contributed by atoms with Crippen LogP contribution < -0.4 is 0 Å². The van der Waals surface area contributed by atoms with Crippen molar-refractivity contribution in [2.24, 2.45) is 0 Å². The second-order valence-electron chi connectivity index (χ2n) is 3.65. The van der Waals surface area contributed by atoms with Crippen LogP contribution >= 0.6 is 75.3 Å². The quantitative estimate of drug-likeness (QED) is 0.178. The van der Waals surface area contributed by atoms with Crippen LogP contribution in [0.3, 0.4) is 0 Å². The van der Waals surface area contributed by atoms with Crippen molar-refractivity contribution in [3.05, 3.63) is 29.0 Å². The number of carbonyl (C=O) groups is 2. The predicted molar refractivity (Wildman–Crippen MR) is 91.0 cm³/mol. The van der Waals surface area contributed by atoms with Crippen LogP contribution in [0.2, 0.25) is 0 Å². The van der Waals surface area contributed by atoms with Crippen molar-refractivity contribution in [3.63, 3.8) is 0 Å². The number of halogens is 5. The number of hydrogen-bond acceptors (Lipinski definition) is 4. The number of rotatable bonds is 5. The van der Waals surface area contributed by atoms with Gasteiger partial charge in [0.15, 0.2) is 0 Å². The normalized spacial score (nSPS) is 12.1. The fourth-order valence-electron chi connectivity index (χ4n) is 1.36. The standard InChI is InChI=1S/C11H7Br4ClO5/c12-6-4(10(18)19)5(7(13)9(15)8(6)14)11(20)21-3(17)1-2-16/h3,17H,1-2H2,(H,18,19). The molecule has 0 saturated heterocycles. The number of esters is 1. The minimum absolute atomic E-state index is 0.0339. The van der Waals surface area contributed by atoms with E-state index >= 15 is 0 Å². The zero-order chi connectivity index (χ0) is 16.3. The number of benzene rings is 1. The monoisotopic (exact) mass is 570 g/mol. The average Bonchev–Trinajstić information content (AvgIpc) is 2.39. The lowest BCUT2D eigenvalue weighted by molar-refractivity contribution is -0.0653. The molecule has 116 valence electrons. The molecule has 0 fully saturated rings. The minimum atomic E-state index is -1.41. The molecule has 0 aliphatic rings. The number of hydrogen-bond donors (Lipinski definition) is 2. The number of ether oxygens (including phenoxy) is 1. The zero-order valence-corrected chi connectivity index (χ0v) is 17.1. The van der Waals surface area contributed by atoms with Gasteiger partial charge in [0, 0.05) is 30.2 Å². The van der Waals surface area contributed by atoms with Gasteiger partial charge < -0.3 is 14.9 Å². The molecule has 0 spiro atoms. The Kier molecular flexibility index (Phi) is 7.62. The lowest BCUT2D eigenvalue weighted by atomic mass is 10.1. The second kappa shape index (κ2) is 8.26. The van der Waals surface area contributed by atoms with Gasteiger partial charge in [-0.3, -0.25) is 0 Å². The molecule has 1 aromatic carbocycles. The first kappa shape index (κ1) is 19.4. The first-order valence-corrected chi connectivity index (χ1v) is 8.97. The van der Waals surface area contributed by atoms with E-state index in [4.69, 9.17) is 16.3 Å². The van der Waals surface area contributed by atoms with Crippen molar-refractivity contribution in [2.75, 3.05) is 5.88 Å². The van der Waals surface area contributed by atoms with E-state index in [2.05, 4.69) is 63.7 Å². The van der Waals surface area contributed by atoms with Gasteiger partial charge in [0.2, 0.25) is 6.29 Å². The van der Waals surface area contributed by atoms with E-state index < -0.39 is 18.2 Å². The number of carboxylic acid groups (broad SMARTS) is 1. The van der Waals surface area contributed by atoms with E-state index in [0.717, 1.165) is 0 Å². The van der Waals surface area contributed by atoms with Crippen molar-refractivity contribution < 1.29 is 24.5 Å². The van der Waals surface area contributed by atoms with Gasteiger partial charge in [-0.2, -0.15) is 0 Å². The number of aliphatic hydroxyl groups excluding tert-OH is 1. The molecule has 5 nitrogen and oxygen atoms in total. The molecule has 1 atom stereocenters. The SMILES string of the molecule is O=C(O)c1c(Br)c(Br)c(Br)c(Br)c1C(=O)OC(O)CCCl. The van der Waals surface area contributed by atoms with E-state index in [9.17, 15) is 19.8 Å². The molecule has 0 aliphatic heterocycles. The molecule has 10 heteroatoms. The topological polar surface area (TPSA) is 83.8 Å². The summed E-state index contributed by atoms with van der Waals surface area (Å²) in [6.45, 7) is 0. The lowest BCUT2D eigenvalue weighted by Gasteiger charge is -2.16. The highest BCUT2D eigenvalue weighted by Crippen LogP contribution is 2.42. The third-order valence-electron chi connectivity index (χ3n) is 2.28. The van der Waals surface area contributed by atoms with Crippen LogP contribution in [0.5, 0.6) is 0 Å². The van der Waals surface area contributed by atoms with Crippen LogP contribution in [-0.4, -0.2) is 34.3 Å². The van der Waals surface area contributed by atoms with Gasteiger partial charge in [0.25, 0.3) is 0 Å². The van der Waals surface area contributed by atoms with Gasteiger partial charge in [0.1, 0.15) is 0 Å². The van der Waals surface area contributed by atoms with Crippen LogP contribution in [0.4, 0.5) is 0 Å². The molecule has 0 bridgehead atoms. The largest absolute Gasteiger partial charge is 0.478 e. The number of alkyl halides is 1. The van der Waals surface area contributed by atoms with Crippen molar-refractivity contribution in [2.45, 2.75) is 12.7 Å². The van der Waals surface area contributed by atoms with Crippen LogP contribution in [0.1, 0.15) is 27.1 Å². The Morgan fingerprint density at radius 1 is 1.05 bits per heavy atom. The van der Waals surface area contributed by atoms with Crippen LogP contribution in [0, 0.1) is 0 Å². The molecular formula is C11H7Br4ClO5. The Morgan fingerprint density at radius 3 is 1.95 bits per heavy atom. The van der Waals surface area contributed by atoms with Gasteiger partial charge in [-0.1, -0.05) is 0 Å². The molecular weight excluding hydrogens is 567 g/mol. The molecule has 0 aromatic heterocycles. The van der Waals surface area contributed by atoms with Gasteiger partial charge in [-0.05, 0) is 63.7 Å². The molecule has 1 unspecified atom stereocenters. The highest BCUT2D eigenvalue weighted by atomic mass is 79.9. The summed E-state index contributed by atoms with van der Waals surface area (Å²) in [5, 5.41) is 18.8. The van der Waals surface area contributed by atoms with E-state index in [-0.39, 0.29) is 32.4 Å². The molecule has 1 rings (SSSR count). The maximum atomic E-state index is 12.1. The average molecular weight is 574 g/mol. The summed E-state index contributed by atoms with van der Waals surface area (Å²) in [6, 6.07) is 0. The molecule has 0 heterocycles. The maximum absolute atomic E-state index is 12.1. The number of carboxylic acids is 1. The predicted octanol–water partition coefficient (Wildman–Crippen LogP) is 4.54. The fourth-order valence-corrected chi connectivity index (χ4v) is 4.00. The number of carbonyl (C=O) groups excluding carboxylic acids is 1. The van der Waals surface area contributed by atoms with Crippen LogP contribution in [0.15, 0.2) is 17.9 Å². The summed E-state index contributed by atoms with van der Waals surface area (Å²) in [4.78, 5) is 23.5. The zero-order valence-electron chi connectivity index (χ0n) is 10.0. The van der Waals surface area contributed by atoms with Crippen molar-refractivity contribution in [1.82, 2.24) is 0 Å². The van der Waals surface area contributed by atoms with Crippen LogP contribution in [-0.2, 0) is 4.74 Å². The molecule has 1 aromatic rings. The highest BCUT2D eigenvalue weighted by molar-refractivity contribution is 9.15. The Labute approximate surface area is 158 Å². The molecule has 0 aliphatic carbocycles. The number of aliphatic hydroxyl groups is 1. The van der Waals surface area contributed by atoms with E-state index in [1.807, 2.05) is 0 Å². The summed E-state index contributed by atoms with van der Waals surface area (Å²) in [7, 11) is 0. The molecule has 0 saturated carbocycles. The van der Waals surface area contributed by atoms with Gasteiger partial charge in [0.05, 0.1) is 11.1 Å². The Hall–Kier alpha value is 0.330. The molecule has 0 radical (unpaired) electrons. The first-order chi connectivity index (χ1) is 9.72. The summed E-state index contributed by atoms with van der Waals surface area (Å²) in [6.07, 6.45) is -1.38. The summed E-state index contributed by atoms with van der Waals surface area (Å²) in [5.74, 6) is -2.21. The van der Waals surface area contributed by atoms with Crippen molar-refractivity contribution >= 4 is 87.3 Å². The van der Waals surface area contributed by atoms with Gasteiger partial charge in [-0.15, -0.1) is 11.6 Å². The molecule has 2 N–H and O–H groups in total. The van der Waals surface area contributed by atoms with E-state index in [0.29, 0.717) is 8.95 Å². The highest BCUT2D eigenvalue weighted by Gasteiger charge is 2.29. The summed E-state index contributed by atoms with van der Waals surface area (Å²) in [5.41, 5.74) is -0.516. The molecule has 21 heavy (non-hydrogen) atoms. The summed E-state index contributed by atoms with van der Waals surface area (Å²) < 4.78 is 5.99. The van der Waals surface area contributed by atoms with E-state index in [1.165, 1.54) is 0 Å². The first-order valence-electron chi connectivity index (χ1n) is 5.26. The van der Waals surface area contributed by atoms with Crippen molar-refractivity contribution in [3.8, 4) is 0 Å². The second-order valence-corrected chi connectivity index (χ2v) is 7.20. The third-order valence-corrected chi connectivity index (χ3v) is 7.27. The smallest absolute Gasteiger partial charge is 0.342 e. The number of aromatic carboxylic acids is 1. The maximum Gasteiger partial charge on any atom is 0.342 e. The van der Waals surface area contributed by atoms with E-state index in [1.54, 1.807) is 0 Å². The van der Waals surface area contributed by atoms with Gasteiger partial charge in [-0.25, -0.2) is 9.59 Å². The Morgan fingerprint density at radius 2 is 1.52 bits per heavy atom. The Balaban J connectivity index is 3.40. The van der Waals surface area contributed by atoms with Crippen LogP contribution in [0.25, 0.3) is 0 Å². The lowest BCUT2D eigenvalue weighted by Crippen LogP contribution is -2.21. The van der Waals surface area contributed by atoms with Gasteiger partial charge >= 0.3 is 11.9 Å². The Bertz CT molecular complexity index is 593. The minimum Gasteiger partial charge on any atom is -0.478 e. The third kappa shape index (κ3) is 4.42. The fraction of sp³-hybridized carbons (Fsp3) is 0.273. The summed E-state index contributed by atoms with van der Waals surface area (Å²) >= 11 is 18.1. The van der Waals surface area contributed by atoms with Crippen molar-refractivity contribution in [1.29, 1.82) is 0 Å².